The second kappa shape index (κ2) is 3.84. The topological polar surface area (TPSA) is 64.0 Å². The van der Waals surface area contributed by atoms with Crippen molar-refractivity contribution in [3.05, 3.63) is 12.4 Å². The Morgan fingerprint density at radius 1 is 1.67 bits per heavy atom. The number of nitrogens with zero attached hydrogens (tertiary/aromatic N) is 2. The second-order valence-electron chi connectivity index (χ2n) is 4.01. The van der Waals surface area contributed by atoms with Crippen LogP contribution in [-0.4, -0.2) is 36.0 Å². The maximum absolute atomic E-state index is 11.2. The largest absolute Gasteiger partial charge is 0.355 e. The normalized spacial score (nSPS) is 24.2. The molecule has 5 nitrogen and oxygen atoms in total. The van der Waals surface area contributed by atoms with E-state index in [4.69, 9.17) is 0 Å². The first-order chi connectivity index (χ1) is 7.07. The summed E-state index contributed by atoms with van der Waals surface area (Å²) in [5, 5.41) is 3.16. The highest BCUT2D eigenvalue weighted by Crippen LogP contribution is 2.18. The molecule has 6 heteroatoms. The van der Waals surface area contributed by atoms with Crippen LogP contribution in [0.2, 0.25) is 0 Å². The highest BCUT2D eigenvalue weighted by atomic mass is 32.2. The molecule has 0 saturated carbocycles. The predicted octanol–water partition coefficient (Wildman–Crippen LogP) is 0.267. The minimum atomic E-state index is -2.76. The predicted molar refractivity (Wildman–Crippen MR) is 58.5 cm³/mol. The van der Waals surface area contributed by atoms with E-state index in [1.807, 2.05) is 17.8 Å². The minimum Gasteiger partial charge on any atom is -0.355 e. The number of hydrogen-bond acceptors (Lipinski definition) is 4. The van der Waals surface area contributed by atoms with E-state index in [1.165, 1.54) is 0 Å². The van der Waals surface area contributed by atoms with E-state index in [2.05, 4.69) is 10.3 Å². The summed E-state index contributed by atoms with van der Waals surface area (Å²) in [6.45, 7) is 0.685. The highest BCUT2D eigenvalue weighted by molar-refractivity contribution is 7.91. The number of sulfone groups is 1. The molecule has 0 aromatic carbocycles. The molecule has 1 aromatic heterocycles. The molecule has 0 bridgehead atoms. The van der Waals surface area contributed by atoms with Crippen LogP contribution in [0.15, 0.2) is 12.4 Å². The van der Waals surface area contributed by atoms with Crippen LogP contribution in [0.25, 0.3) is 0 Å². The molecule has 84 valence electrons. The van der Waals surface area contributed by atoms with Crippen LogP contribution < -0.4 is 5.32 Å². The molecule has 1 fully saturated rings. The first-order valence-electron chi connectivity index (χ1n) is 4.98. The molecule has 1 aromatic rings. The fourth-order valence-electron chi connectivity index (χ4n) is 1.80. The number of aromatic nitrogens is 2. The summed E-state index contributed by atoms with van der Waals surface area (Å²) in [7, 11) is -0.860. The quantitative estimate of drug-likeness (QED) is 0.808. The molecule has 2 rings (SSSR count). The Morgan fingerprint density at radius 3 is 3.00 bits per heavy atom. The highest BCUT2D eigenvalue weighted by Gasteiger charge is 2.27. The molecular weight excluding hydrogens is 214 g/mol. The van der Waals surface area contributed by atoms with Gasteiger partial charge in [-0.1, -0.05) is 0 Å². The van der Waals surface area contributed by atoms with Gasteiger partial charge in [-0.05, 0) is 12.3 Å². The summed E-state index contributed by atoms with van der Waals surface area (Å²) in [5.74, 6) is 1.66. The molecule has 1 atom stereocenters. The molecule has 1 aliphatic rings. The number of hydrogen-bond donors (Lipinski definition) is 1. The van der Waals surface area contributed by atoms with Crippen molar-refractivity contribution < 1.29 is 8.42 Å². The van der Waals surface area contributed by atoms with Gasteiger partial charge in [0.05, 0.1) is 11.5 Å². The Hall–Kier alpha value is -1.04. The fourth-order valence-corrected chi connectivity index (χ4v) is 3.67. The molecule has 1 N–H and O–H groups in total. The lowest BCUT2D eigenvalue weighted by atomic mass is 10.1. The van der Waals surface area contributed by atoms with Gasteiger partial charge >= 0.3 is 0 Å². The van der Waals surface area contributed by atoms with Gasteiger partial charge in [-0.3, -0.25) is 0 Å². The molecule has 2 heterocycles. The molecule has 1 aliphatic heterocycles. The molecule has 1 saturated heterocycles. The zero-order chi connectivity index (χ0) is 10.9. The van der Waals surface area contributed by atoms with Crippen LogP contribution in [0.1, 0.15) is 6.42 Å². The maximum Gasteiger partial charge on any atom is 0.202 e. The van der Waals surface area contributed by atoms with Crippen LogP contribution in [0.4, 0.5) is 5.95 Å². The van der Waals surface area contributed by atoms with E-state index in [1.54, 1.807) is 6.20 Å². The van der Waals surface area contributed by atoms with E-state index in [9.17, 15) is 8.42 Å². The SMILES string of the molecule is Cn1ccnc1NCC1CCS(=O)(=O)C1. The Balaban J connectivity index is 1.88. The van der Waals surface area contributed by atoms with Gasteiger partial charge in [-0.15, -0.1) is 0 Å². The van der Waals surface area contributed by atoms with Gasteiger partial charge in [0, 0.05) is 26.0 Å². The average molecular weight is 229 g/mol. The van der Waals surface area contributed by atoms with Crippen LogP contribution in [0.3, 0.4) is 0 Å². The van der Waals surface area contributed by atoms with Gasteiger partial charge in [-0.2, -0.15) is 0 Å². The summed E-state index contributed by atoms with van der Waals surface area (Å²) >= 11 is 0. The molecule has 0 spiro atoms. The lowest BCUT2D eigenvalue weighted by Gasteiger charge is -2.09. The Bertz CT molecular complexity index is 438. The minimum absolute atomic E-state index is 0.228. The van der Waals surface area contributed by atoms with Crippen LogP contribution >= 0.6 is 0 Å². The number of anilines is 1. The molecule has 0 amide bonds. The Kier molecular flexibility index (Phi) is 2.68. The first-order valence-corrected chi connectivity index (χ1v) is 6.80. The Morgan fingerprint density at radius 2 is 2.47 bits per heavy atom. The van der Waals surface area contributed by atoms with Crippen molar-refractivity contribution in [1.82, 2.24) is 9.55 Å². The zero-order valence-electron chi connectivity index (χ0n) is 8.68. The molecule has 1 unspecified atom stereocenters. The van der Waals surface area contributed by atoms with Crippen molar-refractivity contribution >= 4 is 15.8 Å². The second-order valence-corrected chi connectivity index (χ2v) is 6.24. The average Bonchev–Trinajstić information content (AvgIpc) is 2.69. The van der Waals surface area contributed by atoms with Crippen LogP contribution in [-0.2, 0) is 16.9 Å². The van der Waals surface area contributed by atoms with Gasteiger partial charge in [0.2, 0.25) is 5.95 Å². The smallest absolute Gasteiger partial charge is 0.202 e. The van der Waals surface area contributed by atoms with Crippen molar-refractivity contribution in [3.63, 3.8) is 0 Å². The molecule has 0 radical (unpaired) electrons. The van der Waals surface area contributed by atoms with Crippen molar-refractivity contribution in [1.29, 1.82) is 0 Å². The third kappa shape index (κ3) is 2.50. The summed E-state index contributed by atoms with van der Waals surface area (Å²) in [6, 6.07) is 0. The number of rotatable bonds is 3. The number of aryl methyl sites for hydroxylation is 1. The third-order valence-electron chi connectivity index (χ3n) is 2.70. The molecular formula is C9H15N3O2S. The standard InChI is InChI=1S/C9H15N3O2S/c1-12-4-3-10-9(12)11-6-8-2-5-15(13,14)7-8/h3-4,8H,2,5-7H2,1H3,(H,10,11). The molecule has 15 heavy (non-hydrogen) atoms. The summed E-state index contributed by atoms with van der Waals surface area (Å²) in [4.78, 5) is 4.12. The van der Waals surface area contributed by atoms with Gasteiger partial charge in [0.15, 0.2) is 9.84 Å². The zero-order valence-corrected chi connectivity index (χ0v) is 9.50. The van der Waals surface area contributed by atoms with Crippen LogP contribution in [0, 0.1) is 5.92 Å². The van der Waals surface area contributed by atoms with E-state index < -0.39 is 9.84 Å². The van der Waals surface area contributed by atoms with Gasteiger partial charge in [-0.25, -0.2) is 13.4 Å². The van der Waals surface area contributed by atoms with E-state index in [0.717, 1.165) is 12.4 Å². The maximum atomic E-state index is 11.2. The van der Waals surface area contributed by atoms with E-state index in [0.29, 0.717) is 18.1 Å². The lowest BCUT2D eigenvalue weighted by molar-refractivity contribution is 0.595. The number of nitrogens with one attached hydrogen (secondary N) is 1. The summed E-state index contributed by atoms with van der Waals surface area (Å²) in [6.07, 6.45) is 4.33. The van der Waals surface area contributed by atoms with Crippen molar-refractivity contribution in [2.24, 2.45) is 13.0 Å². The third-order valence-corrected chi connectivity index (χ3v) is 4.53. The van der Waals surface area contributed by atoms with Crippen molar-refractivity contribution in [2.75, 3.05) is 23.4 Å². The lowest BCUT2D eigenvalue weighted by Crippen LogP contribution is -2.17. The first kappa shape index (κ1) is 10.5. The number of imidazole rings is 1. The van der Waals surface area contributed by atoms with E-state index in [-0.39, 0.29) is 5.92 Å². The van der Waals surface area contributed by atoms with Crippen molar-refractivity contribution in [3.8, 4) is 0 Å². The van der Waals surface area contributed by atoms with Gasteiger partial charge < -0.3 is 9.88 Å². The summed E-state index contributed by atoms with van der Waals surface area (Å²) in [5.41, 5.74) is 0. The summed E-state index contributed by atoms with van der Waals surface area (Å²) < 4.78 is 24.3. The Labute approximate surface area is 89.4 Å². The molecule has 0 aliphatic carbocycles. The fraction of sp³-hybridized carbons (Fsp3) is 0.667. The van der Waals surface area contributed by atoms with Crippen LogP contribution in [0.5, 0.6) is 0 Å². The van der Waals surface area contributed by atoms with Crippen molar-refractivity contribution in [2.45, 2.75) is 6.42 Å². The van der Waals surface area contributed by atoms with Gasteiger partial charge in [0.1, 0.15) is 0 Å². The van der Waals surface area contributed by atoms with Gasteiger partial charge in [0.25, 0.3) is 0 Å². The monoisotopic (exact) mass is 229 g/mol. The van der Waals surface area contributed by atoms with E-state index >= 15 is 0 Å².